The summed E-state index contributed by atoms with van der Waals surface area (Å²) in [4.78, 5) is 10.9. The van der Waals surface area contributed by atoms with Gasteiger partial charge in [-0.1, -0.05) is 13.3 Å². The van der Waals surface area contributed by atoms with Crippen LogP contribution in [-0.2, 0) is 10.0 Å². The maximum Gasteiger partial charge on any atom is 0.347 e. The molecule has 1 atom stereocenters. The molecule has 106 valence electrons. The van der Waals surface area contributed by atoms with Crippen LogP contribution in [-0.4, -0.2) is 36.9 Å². The molecule has 1 unspecified atom stereocenters. The molecule has 1 aliphatic heterocycles. The molecule has 7 heteroatoms. The molecule has 0 aliphatic carbocycles. The quantitative estimate of drug-likeness (QED) is 0.905. The van der Waals surface area contributed by atoms with Gasteiger partial charge in [0.2, 0.25) is 10.0 Å². The third-order valence-corrected chi connectivity index (χ3v) is 6.33. The molecule has 0 bridgehead atoms. The normalized spacial score (nSPS) is 20.8. The second-order valence-corrected chi connectivity index (χ2v) is 7.55. The Morgan fingerprint density at radius 1 is 1.58 bits per heavy atom. The number of carboxylic acids is 1. The van der Waals surface area contributed by atoms with Crippen molar-refractivity contribution in [3.63, 3.8) is 0 Å². The largest absolute Gasteiger partial charge is 0.477 e. The second kappa shape index (κ2) is 5.60. The molecule has 0 radical (unpaired) electrons. The standard InChI is InChI=1S/C12H17NO4S2/c1-2-3-9-4-6-13(8-9)19(16,17)10-5-7-18-11(10)12(14)15/h5,7,9H,2-4,6,8H2,1H3,(H,14,15). The van der Waals surface area contributed by atoms with Gasteiger partial charge in [-0.15, -0.1) is 11.3 Å². The minimum atomic E-state index is -3.66. The van der Waals surface area contributed by atoms with Gasteiger partial charge in [-0.05, 0) is 30.2 Å². The molecule has 0 amide bonds. The van der Waals surface area contributed by atoms with E-state index in [-0.39, 0.29) is 9.77 Å². The Morgan fingerprint density at radius 3 is 2.95 bits per heavy atom. The topological polar surface area (TPSA) is 74.7 Å². The number of rotatable bonds is 5. The van der Waals surface area contributed by atoms with Crippen LogP contribution >= 0.6 is 11.3 Å². The van der Waals surface area contributed by atoms with E-state index in [4.69, 9.17) is 5.11 Å². The maximum atomic E-state index is 12.4. The zero-order valence-electron chi connectivity index (χ0n) is 10.7. The highest BCUT2D eigenvalue weighted by Gasteiger charge is 2.35. The molecule has 0 saturated carbocycles. The molecule has 0 spiro atoms. The van der Waals surface area contributed by atoms with Crippen molar-refractivity contribution in [3.8, 4) is 0 Å². The lowest BCUT2D eigenvalue weighted by Crippen LogP contribution is -2.29. The van der Waals surface area contributed by atoms with Crippen LogP contribution < -0.4 is 0 Å². The maximum absolute atomic E-state index is 12.4. The van der Waals surface area contributed by atoms with E-state index in [2.05, 4.69) is 6.92 Å². The molecular weight excluding hydrogens is 286 g/mol. The van der Waals surface area contributed by atoms with E-state index in [0.29, 0.717) is 19.0 Å². The fourth-order valence-corrected chi connectivity index (χ4v) is 5.22. The van der Waals surface area contributed by atoms with Gasteiger partial charge in [0.25, 0.3) is 0 Å². The van der Waals surface area contributed by atoms with E-state index in [9.17, 15) is 13.2 Å². The van der Waals surface area contributed by atoms with Gasteiger partial charge < -0.3 is 5.11 Å². The summed E-state index contributed by atoms with van der Waals surface area (Å²) in [5.74, 6) is -0.787. The Bertz CT molecular complexity index is 564. The number of carboxylic acid groups (broad SMARTS) is 1. The van der Waals surface area contributed by atoms with Crippen molar-refractivity contribution in [1.29, 1.82) is 0 Å². The first-order chi connectivity index (χ1) is 8.96. The van der Waals surface area contributed by atoms with Crippen LogP contribution in [0.2, 0.25) is 0 Å². The fourth-order valence-electron chi connectivity index (χ4n) is 2.45. The summed E-state index contributed by atoms with van der Waals surface area (Å²) in [7, 11) is -3.66. The predicted molar refractivity (Wildman–Crippen MR) is 73.1 cm³/mol. The molecule has 2 heterocycles. The summed E-state index contributed by atoms with van der Waals surface area (Å²) >= 11 is 0.949. The highest BCUT2D eigenvalue weighted by atomic mass is 32.2. The molecule has 5 nitrogen and oxygen atoms in total. The van der Waals surface area contributed by atoms with Crippen LogP contribution in [0.1, 0.15) is 35.9 Å². The van der Waals surface area contributed by atoms with Gasteiger partial charge in [0.05, 0.1) is 0 Å². The van der Waals surface area contributed by atoms with Gasteiger partial charge in [-0.25, -0.2) is 13.2 Å². The van der Waals surface area contributed by atoms with E-state index in [1.807, 2.05) is 0 Å². The highest BCUT2D eigenvalue weighted by molar-refractivity contribution is 7.89. The van der Waals surface area contributed by atoms with Crippen LogP contribution in [0.15, 0.2) is 16.3 Å². The molecule has 1 N–H and O–H groups in total. The van der Waals surface area contributed by atoms with Crippen LogP contribution in [0.25, 0.3) is 0 Å². The molecule has 19 heavy (non-hydrogen) atoms. The lowest BCUT2D eigenvalue weighted by molar-refractivity contribution is 0.0698. The minimum Gasteiger partial charge on any atom is -0.477 e. The van der Waals surface area contributed by atoms with Crippen LogP contribution in [0.5, 0.6) is 0 Å². The third-order valence-electron chi connectivity index (χ3n) is 3.39. The monoisotopic (exact) mass is 303 g/mol. The van der Waals surface area contributed by atoms with Crippen molar-refractivity contribution in [1.82, 2.24) is 4.31 Å². The van der Waals surface area contributed by atoms with Crippen molar-refractivity contribution in [2.75, 3.05) is 13.1 Å². The molecule has 1 saturated heterocycles. The van der Waals surface area contributed by atoms with Crippen molar-refractivity contribution in [2.24, 2.45) is 5.92 Å². The van der Waals surface area contributed by atoms with E-state index in [0.717, 1.165) is 30.6 Å². The average molecular weight is 303 g/mol. The number of sulfonamides is 1. The summed E-state index contributed by atoms with van der Waals surface area (Å²) in [5.41, 5.74) is 0. The van der Waals surface area contributed by atoms with Crippen LogP contribution in [0.4, 0.5) is 0 Å². The summed E-state index contributed by atoms with van der Waals surface area (Å²) < 4.78 is 26.3. The summed E-state index contributed by atoms with van der Waals surface area (Å²) in [5, 5.41) is 10.5. The minimum absolute atomic E-state index is 0.0675. The number of aromatic carboxylic acids is 1. The second-order valence-electron chi connectivity index (χ2n) is 4.73. The Labute approximate surface area is 116 Å². The number of nitrogens with zero attached hydrogens (tertiary/aromatic N) is 1. The predicted octanol–water partition coefficient (Wildman–Crippen LogP) is 2.26. The lowest BCUT2D eigenvalue weighted by atomic mass is 10.0. The molecule has 1 fully saturated rings. The van der Waals surface area contributed by atoms with E-state index >= 15 is 0 Å². The van der Waals surface area contributed by atoms with Gasteiger partial charge in [-0.3, -0.25) is 0 Å². The highest BCUT2D eigenvalue weighted by Crippen LogP contribution is 2.30. The summed E-state index contributed by atoms with van der Waals surface area (Å²) in [6, 6.07) is 1.39. The van der Waals surface area contributed by atoms with Gasteiger partial charge in [0, 0.05) is 13.1 Å². The van der Waals surface area contributed by atoms with Crippen molar-refractivity contribution in [2.45, 2.75) is 31.1 Å². The van der Waals surface area contributed by atoms with Gasteiger partial charge >= 0.3 is 5.97 Å². The van der Waals surface area contributed by atoms with E-state index in [1.165, 1.54) is 15.8 Å². The molecule has 1 aromatic heterocycles. The van der Waals surface area contributed by atoms with Gasteiger partial charge in [0.1, 0.15) is 9.77 Å². The van der Waals surface area contributed by atoms with Gasteiger partial charge in [0.15, 0.2) is 0 Å². The van der Waals surface area contributed by atoms with Crippen LogP contribution in [0, 0.1) is 5.92 Å². The third kappa shape index (κ3) is 2.82. The molecular formula is C12H17NO4S2. The first-order valence-corrected chi connectivity index (χ1v) is 8.59. The first kappa shape index (κ1) is 14.5. The number of hydrogen-bond acceptors (Lipinski definition) is 4. The zero-order chi connectivity index (χ0) is 14.0. The first-order valence-electron chi connectivity index (χ1n) is 6.27. The summed E-state index contributed by atoms with van der Waals surface area (Å²) in [6.45, 7) is 3.07. The van der Waals surface area contributed by atoms with Crippen molar-refractivity contribution in [3.05, 3.63) is 16.3 Å². The Hall–Kier alpha value is -0.920. The van der Waals surface area contributed by atoms with E-state index < -0.39 is 16.0 Å². The number of hydrogen-bond donors (Lipinski definition) is 1. The van der Waals surface area contributed by atoms with Crippen LogP contribution in [0.3, 0.4) is 0 Å². The zero-order valence-corrected chi connectivity index (χ0v) is 12.3. The SMILES string of the molecule is CCCC1CCN(S(=O)(=O)c2ccsc2C(=O)O)C1. The lowest BCUT2D eigenvalue weighted by Gasteiger charge is -2.16. The summed E-state index contributed by atoms with van der Waals surface area (Å²) in [6.07, 6.45) is 2.92. The average Bonchev–Trinajstić information content (AvgIpc) is 2.97. The Morgan fingerprint density at radius 2 is 2.32 bits per heavy atom. The van der Waals surface area contributed by atoms with E-state index in [1.54, 1.807) is 0 Å². The molecule has 1 aromatic rings. The Balaban J connectivity index is 2.24. The smallest absolute Gasteiger partial charge is 0.347 e. The molecule has 1 aliphatic rings. The fraction of sp³-hybridized carbons (Fsp3) is 0.583. The van der Waals surface area contributed by atoms with Crippen molar-refractivity contribution >= 4 is 27.3 Å². The molecule has 0 aromatic carbocycles. The van der Waals surface area contributed by atoms with Crippen molar-refractivity contribution < 1.29 is 18.3 Å². The van der Waals surface area contributed by atoms with Gasteiger partial charge in [-0.2, -0.15) is 4.31 Å². The number of thiophene rings is 1. The number of carbonyl (C=O) groups is 1. The molecule has 2 rings (SSSR count). The Kier molecular flexibility index (Phi) is 4.27.